The molecule has 2 aromatic heterocycles. The number of aromatic nitrogens is 3. The first kappa shape index (κ1) is 12.0. The van der Waals surface area contributed by atoms with Crippen molar-refractivity contribution in [1.29, 1.82) is 0 Å². The van der Waals surface area contributed by atoms with Gasteiger partial charge in [0.15, 0.2) is 5.13 Å². The van der Waals surface area contributed by atoms with E-state index in [1.165, 1.54) is 11.3 Å². The van der Waals surface area contributed by atoms with Crippen molar-refractivity contribution in [2.45, 2.75) is 19.3 Å². The fraction of sp³-hybridized carbons (Fsp3) is 0.231. The lowest BCUT2D eigenvalue weighted by atomic mass is 10.2. The zero-order valence-corrected chi connectivity index (χ0v) is 11.1. The van der Waals surface area contributed by atoms with Crippen LogP contribution in [0.4, 0.5) is 5.13 Å². The van der Waals surface area contributed by atoms with E-state index in [2.05, 4.69) is 15.0 Å². The zero-order chi connectivity index (χ0) is 13.2. The van der Waals surface area contributed by atoms with Crippen LogP contribution in [-0.4, -0.2) is 20.1 Å². The second-order valence-electron chi connectivity index (χ2n) is 4.42. The van der Waals surface area contributed by atoms with Crippen LogP contribution in [0.2, 0.25) is 0 Å². The van der Waals surface area contributed by atoms with Crippen molar-refractivity contribution in [3.8, 4) is 5.75 Å². The van der Waals surface area contributed by atoms with E-state index in [-0.39, 0.29) is 5.75 Å². The number of aromatic amines is 1. The van der Waals surface area contributed by atoms with Gasteiger partial charge in [0.1, 0.15) is 11.6 Å². The Bertz CT molecular complexity index is 704. The lowest BCUT2D eigenvalue weighted by molar-refractivity contribution is 0.476. The van der Waals surface area contributed by atoms with Gasteiger partial charge in [0.2, 0.25) is 0 Å². The number of H-pyrrole nitrogens is 1. The van der Waals surface area contributed by atoms with E-state index < -0.39 is 0 Å². The Balaban J connectivity index is 1.65. The first-order valence-electron chi connectivity index (χ1n) is 6.08. The third-order valence-electron chi connectivity index (χ3n) is 2.93. The standard InChI is InChI=1S/C13H14N4OS/c14-13-15-8(7-19-13)2-1-3-12-16-10-5-4-9(18)6-11(10)17-12/h4-7,18H,1-3H2,(H2,14,15)(H,16,17). The van der Waals surface area contributed by atoms with Crippen LogP contribution in [0.3, 0.4) is 0 Å². The fourth-order valence-corrected chi connectivity index (χ4v) is 2.64. The molecule has 6 heteroatoms. The van der Waals surface area contributed by atoms with Gasteiger partial charge in [-0.15, -0.1) is 11.3 Å². The molecule has 0 fully saturated rings. The number of thiazole rings is 1. The Labute approximate surface area is 114 Å². The molecule has 0 unspecified atom stereocenters. The number of nitrogens with zero attached hydrogens (tertiary/aromatic N) is 2. The van der Waals surface area contributed by atoms with E-state index in [0.29, 0.717) is 5.13 Å². The smallest absolute Gasteiger partial charge is 0.180 e. The summed E-state index contributed by atoms with van der Waals surface area (Å²) in [5, 5.41) is 12.0. The first-order chi connectivity index (χ1) is 9.20. The summed E-state index contributed by atoms with van der Waals surface area (Å²) in [6.45, 7) is 0. The van der Waals surface area contributed by atoms with Crippen molar-refractivity contribution in [2.24, 2.45) is 0 Å². The number of phenols is 1. The number of phenolic OH excluding ortho intramolecular Hbond substituents is 1. The maximum atomic E-state index is 9.40. The molecule has 0 amide bonds. The van der Waals surface area contributed by atoms with Crippen molar-refractivity contribution in [3.63, 3.8) is 0 Å². The van der Waals surface area contributed by atoms with Crippen molar-refractivity contribution >= 4 is 27.5 Å². The van der Waals surface area contributed by atoms with Gasteiger partial charge in [0.05, 0.1) is 16.7 Å². The first-order valence-corrected chi connectivity index (χ1v) is 6.96. The van der Waals surface area contributed by atoms with Crippen molar-refractivity contribution in [1.82, 2.24) is 15.0 Å². The number of nitrogens with two attached hydrogens (primary N) is 1. The summed E-state index contributed by atoms with van der Waals surface area (Å²) < 4.78 is 0. The number of aromatic hydroxyl groups is 1. The molecule has 0 aliphatic heterocycles. The summed E-state index contributed by atoms with van der Waals surface area (Å²) >= 11 is 1.47. The lowest BCUT2D eigenvalue weighted by Crippen LogP contribution is -1.93. The van der Waals surface area contributed by atoms with Gasteiger partial charge in [-0.1, -0.05) is 0 Å². The minimum atomic E-state index is 0.251. The molecule has 5 nitrogen and oxygen atoms in total. The van der Waals surface area contributed by atoms with Crippen LogP contribution >= 0.6 is 11.3 Å². The number of aryl methyl sites for hydroxylation is 2. The number of nitrogens with one attached hydrogen (secondary N) is 1. The highest BCUT2D eigenvalue weighted by Crippen LogP contribution is 2.19. The molecular weight excluding hydrogens is 260 g/mol. The monoisotopic (exact) mass is 274 g/mol. The lowest BCUT2D eigenvalue weighted by Gasteiger charge is -1.95. The number of rotatable bonds is 4. The van der Waals surface area contributed by atoms with E-state index in [1.807, 2.05) is 11.4 Å². The predicted molar refractivity (Wildman–Crippen MR) is 76.3 cm³/mol. The highest BCUT2D eigenvalue weighted by atomic mass is 32.1. The molecule has 98 valence electrons. The number of anilines is 1. The van der Waals surface area contributed by atoms with Crippen molar-refractivity contribution < 1.29 is 5.11 Å². The maximum absolute atomic E-state index is 9.40. The summed E-state index contributed by atoms with van der Waals surface area (Å²) in [6, 6.07) is 5.14. The van der Waals surface area contributed by atoms with E-state index in [4.69, 9.17) is 5.73 Å². The van der Waals surface area contributed by atoms with Gasteiger partial charge in [-0.05, 0) is 25.0 Å². The van der Waals surface area contributed by atoms with E-state index in [1.54, 1.807) is 12.1 Å². The number of hydrogen-bond donors (Lipinski definition) is 3. The number of fused-ring (bicyclic) bond motifs is 1. The summed E-state index contributed by atoms with van der Waals surface area (Å²) in [7, 11) is 0. The fourth-order valence-electron chi connectivity index (χ4n) is 2.04. The summed E-state index contributed by atoms with van der Waals surface area (Å²) in [4.78, 5) is 11.9. The molecule has 0 bridgehead atoms. The molecule has 3 aromatic rings. The van der Waals surface area contributed by atoms with Crippen LogP contribution in [0.1, 0.15) is 17.9 Å². The normalized spacial score (nSPS) is 11.2. The summed E-state index contributed by atoms with van der Waals surface area (Å²) in [5.74, 6) is 1.18. The molecule has 2 heterocycles. The van der Waals surface area contributed by atoms with E-state index in [0.717, 1.165) is 41.8 Å². The second kappa shape index (κ2) is 4.89. The van der Waals surface area contributed by atoms with Crippen molar-refractivity contribution in [2.75, 3.05) is 5.73 Å². The van der Waals surface area contributed by atoms with Gasteiger partial charge in [0.25, 0.3) is 0 Å². The maximum Gasteiger partial charge on any atom is 0.180 e. The highest BCUT2D eigenvalue weighted by Gasteiger charge is 2.04. The van der Waals surface area contributed by atoms with Crippen LogP contribution in [-0.2, 0) is 12.8 Å². The number of imidazole rings is 1. The zero-order valence-electron chi connectivity index (χ0n) is 10.3. The SMILES string of the molecule is Nc1nc(CCCc2nc3ccc(O)cc3[nH]2)cs1. The predicted octanol–water partition coefficient (Wildman–Crippen LogP) is 2.48. The molecule has 4 N–H and O–H groups in total. The minimum Gasteiger partial charge on any atom is -0.508 e. The third kappa shape index (κ3) is 2.68. The number of benzene rings is 1. The van der Waals surface area contributed by atoms with E-state index in [9.17, 15) is 5.11 Å². The third-order valence-corrected chi connectivity index (χ3v) is 3.65. The van der Waals surface area contributed by atoms with Gasteiger partial charge in [-0.25, -0.2) is 9.97 Å². The highest BCUT2D eigenvalue weighted by molar-refractivity contribution is 7.13. The van der Waals surface area contributed by atoms with Crippen LogP contribution < -0.4 is 5.73 Å². The molecule has 0 aliphatic carbocycles. The number of hydrogen-bond acceptors (Lipinski definition) is 5. The second-order valence-corrected chi connectivity index (χ2v) is 5.31. The minimum absolute atomic E-state index is 0.251. The van der Waals surface area contributed by atoms with Gasteiger partial charge >= 0.3 is 0 Å². The van der Waals surface area contributed by atoms with Gasteiger partial charge in [0, 0.05) is 17.9 Å². The van der Waals surface area contributed by atoms with Crippen molar-refractivity contribution in [3.05, 3.63) is 35.1 Å². The molecule has 3 rings (SSSR count). The Hall–Kier alpha value is -2.08. The molecular formula is C13H14N4OS. The molecule has 0 saturated heterocycles. The molecule has 0 saturated carbocycles. The Morgan fingerprint density at radius 1 is 1.26 bits per heavy atom. The molecule has 1 aromatic carbocycles. The average molecular weight is 274 g/mol. The summed E-state index contributed by atoms with van der Waals surface area (Å²) in [5.41, 5.74) is 8.38. The van der Waals surface area contributed by atoms with Crippen LogP contribution in [0.25, 0.3) is 11.0 Å². The van der Waals surface area contributed by atoms with Crippen LogP contribution in [0, 0.1) is 0 Å². The molecule has 0 spiro atoms. The molecule has 0 radical (unpaired) electrons. The topological polar surface area (TPSA) is 87.8 Å². The molecule has 0 aliphatic rings. The molecule has 0 atom stereocenters. The van der Waals surface area contributed by atoms with Gasteiger partial charge in [-0.2, -0.15) is 0 Å². The van der Waals surface area contributed by atoms with Gasteiger partial charge < -0.3 is 15.8 Å². The Morgan fingerprint density at radius 3 is 2.95 bits per heavy atom. The summed E-state index contributed by atoms with van der Waals surface area (Å²) in [6.07, 6.45) is 2.72. The van der Waals surface area contributed by atoms with E-state index >= 15 is 0 Å². The largest absolute Gasteiger partial charge is 0.508 e. The van der Waals surface area contributed by atoms with Crippen LogP contribution in [0.15, 0.2) is 23.6 Å². The Morgan fingerprint density at radius 2 is 2.16 bits per heavy atom. The number of nitrogen functional groups attached to an aromatic ring is 1. The Kier molecular flexibility index (Phi) is 3.08. The average Bonchev–Trinajstić information content (AvgIpc) is 2.95. The van der Waals surface area contributed by atoms with Crippen LogP contribution in [0.5, 0.6) is 5.75 Å². The van der Waals surface area contributed by atoms with Gasteiger partial charge in [-0.3, -0.25) is 0 Å². The molecule has 19 heavy (non-hydrogen) atoms. The quantitative estimate of drug-likeness (QED) is 0.682.